The average Bonchev–Trinajstić information content (AvgIpc) is 2.98. The number of hydrogen-bond donors (Lipinski definition) is 0. The third-order valence-electron chi connectivity index (χ3n) is 5.68. The largest absolute Gasteiger partial charge is 0.344 e. The van der Waals surface area contributed by atoms with Crippen molar-refractivity contribution in [3.05, 3.63) is 46.9 Å². The van der Waals surface area contributed by atoms with Crippen LogP contribution >= 0.6 is 11.6 Å². The molecule has 1 fully saturated rings. The molecule has 5 heteroatoms. The average molecular weight is 379 g/mol. The number of benzene rings is 1. The molecule has 1 saturated carbocycles. The Morgan fingerprint density at radius 2 is 2.00 bits per heavy atom. The smallest absolute Gasteiger partial charge is 0.233 e. The molecule has 1 aliphatic carbocycles. The Morgan fingerprint density at radius 3 is 2.70 bits per heavy atom. The van der Waals surface area contributed by atoms with E-state index in [0.717, 1.165) is 40.3 Å². The Hall–Kier alpha value is -2.38. The lowest BCUT2D eigenvalue weighted by Crippen LogP contribution is -2.17. The Bertz CT molecular complexity index is 1020. The molecule has 0 N–H and O–H groups in total. The molecule has 0 aliphatic heterocycles. The summed E-state index contributed by atoms with van der Waals surface area (Å²) in [4.78, 5) is 9.06. The van der Waals surface area contributed by atoms with Crippen LogP contribution in [0, 0.1) is 30.1 Å². The Balaban J connectivity index is 1.84. The van der Waals surface area contributed by atoms with Crippen LogP contribution in [0.2, 0.25) is 5.02 Å². The summed E-state index contributed by atoms with van der Waals surface area (Å²) in [6.07, 6.45) is 7.30. The summed E-state index contributed by atoms with van der Waals surface area (Å²) in [5, 5.41) is 10.1. The number of rotatable bonds is 3. The highest BCUT2D eigenvalue weighted by Gasteiger charge is 2.22. The number of nitriles is 1. The summed E-state index contributed by atoms with van der Waals surface area (Å²) >= 11 is 6.22. The second kappa shape index (κ2) is 7.32. The zero-order chi connectivity index (χ0) is 19.0. The van der Waals surface area contributed by atoms with Crippen LogP contribution in [0.5, 0.6) is 0 Å². The Kier molecular flexibility index (Phi) is 4.88. The van der Waals surface area contributed by atoms with Crippen molar-refractivity contribution >= 4 is 22.6 Å². The van der Waals surface area contributed by atoms with Crippen LogP contribution in [0.1, 0.15) is 44.0 Å². The van der Waals surface area contributed by atoms with E-state index in [9.17, 15) is 5.26 Å². The summed E-state index contributed by atoms with van der Waals surface area (Å²) in [5.74, 6) is 1.72. The van der Waals surface area contributed by atoms with Gasteiger partial charge in [0.05, 0.1) is 16.7 Å². The van der Waals surface area contributed by atoms with E-state index in [1.54, 1.807) is 0 Å². The number of fused-ring (bicyclic) bond motifs is 1. The summed E-state index contributed by atoms with van der Waals surface area (Å²) in [7, 11) is 0. The van der Waals surface area contributed by atoms with Gasteiger partial charge in [-0.3, -0.25) is 0 Å². The summed E-state index contributed by atoms with van der Waals surface area (Å²) in [5.41, 5.74) is 4.66. The molecule has 4 rings (SSSR count). The second-order valence-electron chi connectivity index (χ2n) is 7.81. The van der Waals surface area contributed by atoms with Gasteiger partial charge < -0.3 is 4.57 Å². The van der Waals surface area contributed by atoms with Crippen LogP contribution in [-0.2, 0) is 6.54 Å². The lowest BCUT2D eigenvalue weighted by atomic mass is 9.83. The van der Waals surface area contributed by atoms with E-state index in [1.165, 1.54) is 25.7 Å². The minimum Gasteiger partial charge on any atom is -0.344 e. The van der Waals surface area contributed by atoms with Crippen molar-refractivity contribution in [1.29, 1.82) is 5.26 Å². The number of aryl methyl sites for hydroxylation is 1. The topological polar surface area (TPSA) is 54.5 Å². The standard InChI is InChI=1S/C22H23ClN4/c1-14-6-8-16(9-7-14)13-27-12-15(2)20-22(27)21(26-19(11-24)25-20)17-4-3-5-18(23)10-17/h3-5,10,12,14,16H,6-9,13H2,1-2H3/t14-,16-. The monoisotopic (exact) mass is 378 g/mol. The molecule has 2 aromatic heterocycles. The molecule has 0 saturated heterocycles. The van der Waals surface area contributed by atoms with E-state index in [1.807, 2.05) is 24.3 Å². The predicted octanol–water partition coefficient (Wildman–Crippen LogP) is 5.76. The molecule has 0 atom stereocenters. The maximum Gasteiger partial charge on any atom is 0.233 e. The van der Waals surface area contributed by atoms with Crippen molar-refractivity contribution in [3.8, 4) is 17.3 Å². The Labute approximate surface area is 164 Å². The highest BCUT2D eigenvalue weighted by molar-refractivity contribution is 6.30. The molecule has 3 aromatic rings. The van der Waals surface area contributed by atoms with E-state index in [2.05, 4.69) is 40.6 Å². The van der Waals surface area contributed by atoms with Gasteiger partial charge in [0.15, 0.2) is 0 Å². The van der Waals surface area contributed by atoms with Gasteiger partial charge in [0.2, 0.25) is 5.82 Å². The molecule has 2 heterocycles. The maximum absolute atomic E-state index is 9.40. The molecule has 4 nitrogen and oxygen atoms in total. The minimum atomic E-state index is 0.199. The van der Waals surface area contributed by atoms with Crippen molar-refractivity contribution in [2.75, 3.05) is 0 Å². The van der Waals surface area contributed by atoms with Crippen LogP contribution in [-0.4, -0.2) is 14.5 Å². The van der Waals surface area contributed by atoms with Crippen molar-refractivity contribution in [1.82, 2.24) is 14.5 Å². The quantitative estimate of drug-likeness (QED) is 0.582. The third-order valence-corrected chi connectivity index (χ3v) is 5.92. The summed E-state index contributed by atoms with van der Waals surface area (Å²) in [6, 6.07) is 9.76. The van der Waals surface area contributed by atoms with Crippen molar-refractivity contribution < 1.29 is 0 Å². The molecule has 138 valence electrons. The molecule has 0 spiro atoms. The zero-order valence-corrected chi connectivity index (χ0v) is 16.5. The van der Waals surface area contributed by atoms with Gasteiger partial charge >= 0.3 is 0 Å². The van der Waals surface area contributed by atoms with Gasteiger partial charge in [-0.2, -0.15) is 5.26 Å². The molecule has 27 heavy (non-hydrogen) atoms. The molecular weight excluding hydrogens is 356 g/mol. The van der Waals surface area contributed by atoms with Gasteiger partial charge in [0.25, 0.3) is 0 Å². The predicted molar refractivity (Wildman–Crippen MR) is 109 cm³/mol. The van der Waals surface area contributed by atoms with Gasteiger partial charge in [-0.1, -0.05) is 43.5 Å². The van der Waals surface area contributed by atoms with Gasteiger partial charge in [0, 0.05) is 23.3 Å². The fourth-order valence-corrected chi connectivity index (χ4v) is 4.37. The molecular formula is C22H23ClN4. The van der Waals surface area contributed by atoms with Crippen LogP contribution < -0.4 is 0 Å². The second-order valence-corrected chi connectivity index (χ2v) is 8.24. The van der Waals surface area contributed by atoms with Gasteiger partial charge in [-0.15, -0.1) is 0 Å². The SMILES string of the molecule is Cc1cn(C[C@H]2CC[C@H](C)CC2)c2c(-c3cccc(Cl)c3)nc(C#N)nc12. The number of nitrogens with zero attached hydrogens (tertiary/aromatic N) is 4. The lowest BCUT2D eigenvalue weighted by molar-refractivity contribution is 0.267. The van der Waals surface area contributed by atoms with Crippen LogP contribution in [0.4, 0.5) is 0 Å². The first-order chi connectivity index (χ1) is 13.0. The van der Waals surface area contributed by atoms with Crippen molar-refractivity contribution in [3.63, 3.8) is 0 Å². The van der Waals surface area contributed by atoms with Crippen molar-refractivity contribution in [2.24, 2.45) is 11.8 Å². The maximum atomic E-state index is 9.40. The summed E-state index contributed by atoms with van der Waals surface area (Å²) in [6.45, 7) is 5.37. The lowest BCUT2D eigenvalue weighted by Gasteiger charge is -2.26. The molecule has 1 aromatic carbocycles. The first kappa shape index (κ1) is 18.0. The van der Waals surface area contributed by atoms with Crippen LogP contribution in [0.25, 0.3) is 22.3 Å². The van der Waals surface area contributed by atoms with Gasteiger partial charge in [0.1, 0.15) is 6.07 Å². The van der Waals surface area contributed by atoms with E-state index in [-0.39, 0.29) is 5.82 Å². The Morgan fingerprint density at radius 1 is 1.22 bits per heavy atom. The van der Waals surface area contributed by atoms with Crippen LogP contribution in [0.3, 0.4) is 0 Å². The highest BCUT2D eigenvalue weighted by Crippen LogP contribution is 2.34. The summed E-state index contributed by atoms with van der Waals surface area (Å²) < 4.78 is 2.29. The molecule has 0 radical (unpaired) electrons. The van der Waals surface area contributed by atoms with E-state index >= 15 is 0 Å². The fraction of sp³-hybridized carbons (Fsp3) is 0.409. The normalized spacial score (nSPS) is 19.9. The molecule has 0 bridgehead atoms. The zero-order valence-electron chi connectivity index (χ0n) is 15.7. The number of aromatic nitrogens is 3. The molecule has 1 aliphatic rings. The van der Waals surface area contributed by atoms with Crippen molar-refractivity contribution in [2.45, 2.75) is 46.1 Å². The van der Waals surface area contributed by atoms with E-state index in [4.69, 9.17) is 11.6 Å². The molecule has 0 amide bonds. The van der Waals surface area contributed by atoms with E-state index in [0.29, 0.717) is 10.9 Å². The van der Waals surface area contributed by atoms with Crippen LogP contribution in [0.15, 0.2) is 30.5 Å². The number of hydrogen-bond acceptors (Lipinski definition) is 3. The fourth-order valence-electron chi connectivity index (χ4n) is 4.18. The molecule has 0 unspecified atom stereocenters. The van der Waals surface area contributed by atoms with Gasteiger partial charge in [-0.05, 0) is 49.3 Å². The number of halogens is 1. The van der Waals surface area contributed by atoms with E-state index < -0.39 is 0 Å². The minimum absolute atomic E-state index is 0.199. The third kappa shape index (κ3) is 3.57. The van der Waals surface area contributed by atoms with Gasteiger partial charge in [-0.25, -0.2) is 9.97 Å². The highest BCUT2D eigenvalue weighted by atomic mass is 35.5. The first-order valence-electron chi connectivity index (χ1n) is 9.58. The first-order valence-corrected chi connectivity index (χ1v) is 9.96.